The van der Waals surface area contributed by atoms with Gasteiger partial charge in [0, 0.05) is 6.54 Å². The molecule has 0 aliphatic carbocycles. The van der Waals surface area contributed by atoms with Crippen LogP contribution in [0.2, 0.25) is 0 Å². The van der Waals surface area contributed by atoms with Gasteiger partial charge in [-0.2, -0.15) is 0 Å². The highest BCUT2D eigenvalue weighted by Crippen LogP contribution is 2.19. The van der Waals surface area contributed by atoms with Crippen LogP contribution in [0.4, 0.5) is 0 Å². The van der Waals surface area contributed by atoms with Gasteiger partial charge in [0.1, 0.15) is 0 Å². The molecule has 0 radical (unpaired) electrons. The highest BCUT2D eigenvalue weighted by Gasteiger charge is 2.20. The summed E-state index contributed by atoms with van der Waals surface area (Å²) in [7, 11) is 0. The Bertz CT molecular complexity index is 521. The third-order valence-corrected chi connectivity index (χ3v) is 3.56. The van der Waals surface area contributed by atoms with Crippen molar-refractivity contribution in [2.75, 3.05) is 6.54 Å². The maximum atomic E-state index is 12.3. The molecule has 0 saturated heterocycles. The number of aryl methyl sites for hydroxylation is 2. The van der Waals surface area contributed by atoms with Crippen LogP contribution in [0.15, 0.2) is 12.1 Å². The zero-order valence-corrected chi connectivity index (χ0v) is 13.3. The van der Waals surface area contributed by atoms with E-state index in [0.717, 1.165) is 19.3 Å². The van der Waals surface area contributed by atoms with Gasteiger partial charge in [0.05, 0.1) is 11.1 Å². The number of rotatable bonds is 7. The van der Waals surface area contributed by atoms with Crippen LogP contribution in [0.3, 0.4) is 0 Å². The molecule has 0 fully saturated rings. The van der Waals surface area contributed by atoms with Crippen LogP contribution in [0.25, 0.3) is 0 Å². The molecule has 0 unspecified atom stereocenters. The first-order valence-electron chi connectivity index (χ1n) is 7.46. The molecule has 0 saturated carbocycles. The molecule has 0 heterocycles. The molecule has 0 bridgehead atoms. The summed E-state index contributed by atoms with van der Waals surface area (Å²) >= 11 is 0. The number of benzene rings is 1. The fraction of sp³-hybridized carbons (Fsp3) is 0.529. The van der Waals surface area contributed by atoms with Crippen molar-refractivity contribution < 1.29 is 14.7 Å². The quantitative estimate of drug-likeness (QED) is 0.755. The lowest BCUT2D eigenvalue weighted by molar-refractivity contribution is 0.0690. The Morgan fingerprint density at radius 3 is 2.19 bits per heavy atom. The van der Waals surface area contributed by atoms with Gasteiger partial charge in [-0.3, -0.25) is 4.79 Å². The first kappa shape index (κ1) is 17.2. The van der Waals surface area contributed by atoms with Gasteiger partial charge in [-0.05, 0) is 37.3 Å². The third-order valence-electron chi connectivity index (χ3n) is 3.56. The summed E-state index contributed by atoms with van der Waals surface area (Å²) in [6.07, 6.45) is 3.12. The van der Waals surface area contributed by atoms with E-state index in [1.807, 2.05) is 0 Å². The molecule has 0 aliphatic heterocycles. The molecule has 0 spiro atoms. The molecule has 4 heteroatoms. The molecule has 4 nitrogen and oxygen atoms in total. The lowest BCUT2D eigenvalue weighted by Crippen LogP contribution is -2.27. The van der Waals surface area contributed by atoms with Crippen molar-refractivity contribution in [1.82, 2.24) is 5.32 Å². The molecule has 0 aliphatic rings. The van der Waals surface area contributed by atoms with Crippen molar-refractivity contribution in [3.05, 3.63) is 34.4 Å². The number of hydrogen-bond acceptors (Lipinski definition) is 2. The Labute approximate surface area is 126 Å². The van der Waals surface area contributed by atoms with Gasteiger partial charge in [-0.25, -0.2) is 4.79 Å². The molecule has 116 valence electrons. The fourth-order valence-electron chi connectivity index (χ4n) is 2.35. The molecule has 21 heavy (non-hydrogen) atoms. The van der Waals surface area contributed by atoms with E-state index in [-0.39, 0.29) is 17.0 Å². The van der Waals surface area contributed by atoms with E-state index in [9.17, 15) is 14.7 Å². The Morgan fingerprint density at radius 1 is 1.10 bits per heavy atom. The summed E-state index contributed by atoms with van der Waals surface area (Å²) in [6, 6.07) is 3.52. The van der Waals surface area contributed by atoms with Gasteiger partial charge < -0.3 is 10.4 Å². The van der Waals surface area contributed by atoms with E-state index in [1.54, 1.807) is 26.0 Å². The predicted octanol–water partition coefficient (Wildman–Crippen LogP) is 3.56. The number of carboxylic acids is 1. The second-order valence-electron chi connectivity index (χ2n) is 5.90. The van der Waals surface area contributed by atoms with Crippen LogP contribution in [-0.2, 0) is 0 Å². The van der Waals surface area contributed by atoms with Crippen LogP contribution in [-0.4, -0.2) is 23.5 Å². The normalized spacial score (nSPS) is 10.7. The van der Waals surface area contributed by atoms with Gasteiger partial charge in [0.25, 0.3) is 5.91 Å². The molecule has 1 aromatic carbocycles. The Balaban J connectivity index is 2.74. The first-order valence-corrected chi connectivity index (χ1v) is 7.46. The van der Waals surface area contributed by atoms with Gasteiger partial charge in [-0.15, -0.1) is 0 Å². The predicted molar refractivity (Wildman–Crippen MR) is 83.9 cm³/mol. The Morgan fingerprint density at radius 2 is 1.67 bits per heavy atom. The maximum absolute atomic E-state index is 12.3. The average molecular weight is 291 g/mol. The average Bonchev–Trinajstić information content (AvgIpc) is 2.39. The van der Waals surface area contributed by atoms with Crippen molar-refractivity contribution in [2.24, 2.45) is 5.92 Å². The number of hydrogen-bond donors (Lipinski definition) is 2. The number of amides is 1. The zero-order chi connectivity index (χ0) is 16.0. The number of unbranched alkanes of at least 4 members (excludes halogenated alkanes) is 1. The standard InChI is InChI=1S/C17H25NO3/c1-11(2)7-5-6-10-18-16(19)14-12(3)8-9-13(4)15(14)17(20)21/h8-9,11H,5-7,10H2,1-4H3,(H,18,19)(H,20,21). The minimum atomic E-state index is -1.05. The largest absolute Gasteiger partial charge is 0.478 e. The van der Waals surface area contributed by atoms with Crippen molar-refractivity contribution in [3.8, 4) is 0 Å². The Kier molecular flexibility index (Phi) is 6.40. The summed E-state index contributed by atoms with van der Waals surface area (Å²) in [5.41, 5.74) is 1.69. The molecular formula is C17H25NO3. The van der Waals surface area contributed by atoms with Crippen LogP contribution in [0.1, 0.15) is 65.0 Å². The lowest BCUT2D eigenvalue weighted by Gasteiger charge is -2.13. The smallest absolute Gasteiger partial charge is 0.336 e. The van der Waals surface area contributed by atoms with E-state index in [4.69, 9.17) is 0 Å². The van der Waals surface area contributed by atoms with Crippen molar-refractivity contribution in [2.45, 2.75) is 47.0 Å². The van der Waals surface area contributed by atoms with Crippen LogP contribution >= 0.6 is 0 Å². The molecule has 0 atom stereocenters. The van der Waals surface area contributed by atoms with Crippen LogP contribution in [0, 0.1) is 19.8 Å². The summed E-state index contributed by atoms with van der Waals surface area (Å²) in [4.78, 5) is 23.6. The number of aromatic carboxylic acids is 1. The molecule has 1 rings (SSSR count). The van der Waals surface area contributed by atoms with Crippen molar-refractivity contribution >= 4 is 11.9 Å². The van der Waals surface area contributed by atoms with E-state index < -0.39 is 5.97 Å². The third kappa shape index (κ3) is 4.88. The lowest BCUT2D eigenvalue weighted by atomic mass is 9.96. The molecular weight excluding hydrogens is 266 g/mol. The Hall–Kier alpha value is -1.84. The van der Waals surface area contributed by atoms with Crippen molar-refractivity contribution in [3.63, 3.8) is 0 Å². The minimum Gasteiger partial charge on any atom is -0.478 e. The highest BCUT2D eigenvalue weighted by atomic mass is 16.4. The molecule has 1 amide bonds. The molecule has 1 aromatic rings. The molecule has 0 aromatic heterocycles. The summed E-state index contributed by atoms with van der Waals surface area (Å²) in [5.74, 6) is -0.683. The number of carbonyl (C=O) groups excluding carboxylic acids is 1. The summed E-state index contributed by atoms with van der Waals surface area (Å²) in [6.45, 7) is 8.40. The van der Waals surface area contributed by atoms with Gasteiger partial charge in [0.2, 0.25) is 0 Å². The SMILES string of the molecule is Cc1ccc(C)c(C(=O)NCCCCC(C)C)c1C(=O)O. The van der Waals surface area contributed by atoms with Crippen LogP contribution in [0.5, 0.6) is 0 Å². The number of carboxylic acid groups (broad SMARTS) is 1. The number of carbonyl (C=O) groups is 2. The number of nitrogens with one attached hydrogen (secondary N) is 1. The summed E-state index contributed by atoms with van der Waals surface area (Å²) < 4.78 is 0. The summed E-state index contributed by atoms with van der Waals surface area (Å²) in [5, 5.41) is 12.1. The topological polar surface area (TPSA) is 66.4 Å². The zero-order valence-electron chi connectivity index (χ0n) is 13.3. The maximum Gasteiger partial charge on any atom is 0.336 e. The second-order valence-corrected chi connectivity index (χ2v) is 5.90. The van der Waals surface area contributed by atoms with Crippen LogP contribution < -0.4 is 5.32 Å². The van der Waals surface area contributed by atoms with E-state index in [1.165, 1.54) is 0 Å². The van der Waals surface area contributed by atoms with Gasteiger partial charge >= 0.3 is 5.97 Å². The van der Waals surface area contributed by atoms with E-state index in [0.29, 0.717) is 23.6 Å². The van der Waals surface area contributed by atoms with Gasteiger partial charge in [0.15, 0.2) is 0 Å². The molecule has 2 N–H and O–H groups in total. The van der Waals surface area contributed by atoms with Crippen molar-refractivity contribution in [1.29, 1.82) is 0 Å². The van der Waals surface area contributed by atoms with Gasteiger partial charge in [-0.1, -0.05) is 38.8 Å². The fourth-order valence-corrected chi connectivity index (χ4v) is 2.35. The monoisotopic (exact) mass is 291 g/mol. The second kappa shape index (κ2) is 7.81. The first-order chi connectivity index (χ1) is 9.84. The highest BCUT2D eigenvalue weighted by molar-refractivity contribution is 6.06. The minimum absolute atomic E-state index is 0.106. The van der Waals surface area contributed by atoms with E-state index >= 15 is 0 Å². The van der Waals surface area contributed by atoms with E-state index in [2.05, 4.69) is 19.2 Å².